The predicted molar refractivity (Wildman–Crippen MR) is 95.3 cm³/mol. The number of hydrogen-bond donors (Lipinski definition) is 2. The summed E-state index contributed by atoms with van der Waals surface area (Å²) >= 11 is 0. The van der Waals surface area contributed by atoms with E-state index in [0.717, 1.165) is 5.56 Å². The van der Waals surface area contributed by atoms with Crippen LogP contribution in [0.15, 0.2) is 18.2 Å². The molecule has 0 saturated carbocycles. The lowest BCUT2D eigenvalue weighted by Gasteiger charge is -2.19. The highest BCUT2D eigenvalue weighted by atomic mass is 16.6. The standard InChI is InChI=1S/C19H28N2O2/c1-18(2,3)15-10-11-16(20)14(13-15)9-7-8-12-21-17(22)23-19(4,5)6/h10-11,13H,8,12,20H2,1-6H3,(H,21,22). The fraction of sp³-hybridized carbons (Fsp3) is 0.526. The number of nitrogens with one attached hydrogen (secondary N) is 1. The van der Waals surface area contributed by atoms with Crippen molar-refractivity contribution in [3.8, 4) is 11.8 Å². The zero-order valence-corrected chi connectivity index (χ0v) is 15.0. The minimum absolute atomic E-state index is 0.0579. The Morgan fingerprint density at radius 1 is 1.22 bits per heavy atom. The van der Waals surface area contributed by atoms with Crippen LogP contribution in [0.5, 0.6) is 0 Å². The number of carbonyl (C=O) groups excluding carboxylic acids is 1. The van der Waals surface area contributed by atoms with Crippen molar-refractivity contribution in [3.63, 3.8) is 0 Å². The first-order valence-corrected chi connectivity index (χ1v) is 7.85. The summed E-state index contributed by atoms with van der Waals surface area (Å²) in [5.74, 6) is 6.12. The average molecular weight is 316 g/mol. The third-order valence-electron chi connectivity index (χ3n) is 3.06. The summed E-state index contributed by atoms with van der Waals surface area (Å²) in [5.41, 5.74) is 8.24. The Labute approximate surface area is 139 Å². The molecule has 1 aromatic rings. The molecule has 1 rings (SSSR count). The molecule has 0 aliphatic rings. The minimum Gasteiger partial charge on any atom is -0.444 e. The van der Waals surface area contributed by atoms with Gasteiger partial charge in [0.2, 0.25) is 0 Å². The minimum atomic E-state index is -0.488. The van der Waals surface area contributed by atoms with Crippen LogP contribution >= 0.6 is 0 Å². The Morgan fingerprint density at radius 3 is 2.43 bits per heavy atom. The van der Waals surface area contributed by atoms with E-state index in [2.05, 4.69) is 37.9 Å². The summed E-state index contributed by atoms with van der Waals surface area (Å²) in [4.78, 5) is 11.5. The maximum atomic E-state index is 11.5. The third kappa shape index (κ3) is 7.10. The molecular formula is C19H28N2O2. The van der Waals surface area contributed by atoms with Crippen molar-refractivity contribution in [2.75, 3.05) is 12.3 Å². The number of alkyl carbamates (subject to hydrolysis) is 1. The van der Waals surface area contributed by atoms with Gasteiger partial charge >= 0.3 is 6.09 Å². The number of amides is 1. The Hall–Kier alpha value is -2.15. The van der Waals surface area contributed by atoms with Crippen molar-refractivity contribution in [2.45, 2.75) is 59.0 Å². The van der Waals surface area contributed by atoms with Gasteiger partial charge in [0.25, 0.3) is 0 Å². The van der Waals surface area contributed by atoms with Crippen molar-refractivity contribution >= 4 is 11.8 Å². The topological polar surface area (TPSA) is 64.3 Å². The van der Waals surface area contributed by atoms with Crippen LogP contribution in [0.2, 0.25) is 0 Å². The predicted octanol–water partition coefficient (Wildman–Crippen LogP) is 3.83. The normalized spacial score (nSPS) is 11.4. The molecule has 0 fully saturated rings. The van der Waals surface area contributed by atoms with Gasteiger partial charge in [0.15, 0.2) is 0 Å². The van der Waals surface area contributed by atoms with Crippen molar-refractivity contribution in [1.82, 2.24) is 5.32 Å². The molecular weight excluding hydrogens is 288 g/mol. The van der Waals surface area contributed by atoms with Crippen LogP contribution in [0.25, 0.3) is 0 Å². The van der Waals surface area contributed by atoms with Gasteiger partial charge < -0.3 is 15.8 Å². The molecule has 0 aliphatic heterocycles. The first kappa shape index (κ1) is 18.9. The molecule has 3 N–H and O–H groups in total. The summed E-state index contributed by atoms with van der Waals surface area (Å²) < 4.78 is 5.16. The van der Waals surface area contributed by atoms with Gasteiger partial charge in [-0.2, -0.15) is 0 Å². The van der Waals surface area contributed by atoms with Gasteiger partial charge in [-0.25, -0.2) is 4.79 Å². The summed E-state index contributed by atoms with van der Waals surface area (Å²) in [6.45, 7) is 12.4. The molecule has 1 aromatic carbocycles. The SMILES string of the molecule is CC(C)(C)OC(=O)NCCC#Cc1cc(C(C)(C)C)ccc1N. The molecule has 0 bridgehead atoms. The quantitative estimate of drug-likeness (QED) is 0.495. The van der Waals surface area contributed by atoms with Crippen LogP contribution in [-0.2, 0) is 10.2 Å². The van der Waals surface area contributed by atoms with Gasteiger partial charge in [0, 0.05) is 24.2 Å². The van der Waals surface area contributed by atoms with Gasteiger partial charge in [-0.15, -0.1) is 0 Å². The molecule has 0 heterocycles. The van der Waals surface area contributed by atoms with Gasteiger partial charge in [0.1, 0.15) is 5.60 Å². The van der Waals surface area contributed by atoms with Crippen LogP contribution in [-0.4, -0.2) is 18.2 Å². The zero-order chi connectivity index (χ0) is 17.7. The van der Waals surface area contributed by atoms with E-state index in [9.17, 15) is 4.79 Å². The number of rotatable bonds is 2. The third-order valence-corrected chi connectivity index (χ3v) is 3.06. The molecule has 0 aliphatic carbocycles. The van der Waals surface area contributed by atoms with Crippen LogP contribution in [0.3, 0.4) is 0 Å². The second-order valence-corrected chi connectivity index (χ2v) is 7.53. The first-order valence-electron chi connectivity index (χ1n) is 7.85. The monoisotopic (exact) mass is 316 g/mol. The van der Waals surface area contributed by atoms with Gasteiger partial charge in [-0.05, 0) is 43.9 Å². The van der Waals surface area contributed by atoms with E-state index in [4.69, 9.17) is 10.5 Å². The lowest BCUT2D eigenvalue weighted by atomic mass is 9.86. The smallest absolute Gasteiger partial charge is 0.407 e. The number of hydrogen-bond acceptors (Lipinski definition) is 3. The van der Waals surface area contributed by atoms with Crippen LogP contribution < -0.4 is 11.1 Å². The molecule has 4 nitrogen and oxygen atoms in total. The van der Waals surface area contributed by atoms with Crippen molar-refractivity contribution in [2.24, 2.45) is 0 Å². The average Bonchev–Trinajstić information content (AvgIpc) is 2.36. The Bertz CT molecular complexity index is 611. The number of ether oxygens (including phenoxy) is 1. The molecule has 0 radical (unpaired) electrons. The Morgan fingerprint density at radius 2 is 1.87 bits per heavy atom. The van der Waals surface area contributed by atoms with Crippen molar-refractivity contribution < 1.29 is 9.53 Å². The lowest BCUT2D eigenvalue weighted by molar-refractivity contribution is 0.0529. The van der Waals surface area contributed by atoms with E-state index in [1.54, 1.807) is 0 Å². The molecule has 0 saturated heterocycles. The second kappa shape index (κ2) is 7.41. The van der Waals surface area contributed by atoms with Gasteiger partial charge in [0.05, 0.1) is 0 Å². The fourth-order valence-electron chi connectivity index (χ4n) is 1.83. The van der Waals surface area contributed by atoms with Gasteiger partial charge in [-0.1, -0.05) is 38.7 Å². The maximum Gasteiger partial charge on any atom is 0.407 e. The van der Waals surface area contributed by atoms with Gasteiger partial charge in [-0.3, -0.25) is 0 Å². The summed E-state index contributed by atoms with van der Waals surface area (Å²) in [6.07, 6.45) is 0.117. The summed E-state index contributed by atoms with van der Waals surface area (Å²) in [7, 11) is 0. The Kier molecular flexibility index (Phi) is 6.09. The second-order valence-electron chi connectivity index (χ2n) is 7.53. The molecule has 0 unspecified atom stereocenters. The largest absolute Gasteiger partial charge is 0.444 e. The van der Waals surface area contributed by atoms with Crippen molar-refractivity contribution in [1.29, 1.82) is 0 Å². The van der Waals surface area contributed by atoms with E-state index in [-0.39, 0.29) is 5.41 Å². The number of nitrogens with two attached hydrogens (primary N) is 1. The molecule has 0 aromatic heterocycles. The summed E-state index contributed by atoms with van der Waals surface area (Å²) in [6, 6.07) is 5.96. The zero-order valence-electron chi connectivity index (χ0n) is 15.0. The molecule has 0 spiro atoms. The van der Waals surface area contributed by atoms with E-state index in [1.807, 2.05) is 39.0 Å². The number of anilines is 1. The molecule has 23 heavy (non-hydrogen) atoms. The van der Waals surface area contributed by atoms with E-state index >= 15 is 0 Å². The maximum absolute atomic E-state index is 11.5. The molecule has 1 amide bonds. The first-order chi connectivity index (χ1) is 10.5. The van der Waals surface area contributed by atoms with E-state index in [1.165, 1.54) is 5.56 Å². The van der Waals surface area contributed by atoms with Crippen LogP contribution in [0.4, 0.5) is 10.5 Å². The number of carbonyl (C=O) groups is 1. The van der Waals surface area contributed by atoms with Crippen molar-refractivity contribution in [3.05, 3.63) is 29.3 Å². The molecule has 126 valence electrons. The molecule has 0 atom stereocenters. The van der Waals surface area contributed by atoms with E-state index < -0.39 is 11.7 Å². The van der Waals surface area contributed by atoms with E-state index in [0.29, 0.717) is 18.7 Å². The summed E-state index contributed by atoms with van der Waals surface area (Å²) in [5, 5.41) is 2.68. The Balaban J connectivity index is 2.59. The number of benzene rings is 1. The highest BCUT2D eigenvalue weighted by molar-refractivity contribution is 5.67. The highest BCUT2D eigenvalue weighted by Crippen LogP contribution is 2.25. The fourth-order valence-corrected chi connectivity index (χ4v) is 1.83. The lowest BCUT2D eigenvalue weighted by Crippen LogP contribution is -2.32. The number of nitrogen functional groups attached to an aromatic ring is 1. The molecule has 4 heteroatoms. The van der Waals surface area contributed by atoms with Crippen LogP contribution in [0.1, 0.15) is 59.1 Å². The van der Waals surface area contributed by atoms with Crippen LogP contribution in [0, 0.1) is 11.8 Å². The highest BCUT2D eigenvalue weighted by Gasteiger charge is 2.15.